The van der Waals surface area contributed by atoms with Crippen molar-refractivity contribution in [2.45, 2.75) is 32.8 Å². The summed E-state index contributed by atoms with van der Waals surface area (Å²) in [5.74, 6) is -1.19. The maximum Gasteiger partial charge on any atom is 0.311 e. The van der Waals surface area contributed by atoms with Crippen LogP contribution in [0, 0.1) is 5.41 Å². The lowest BCUT2D eigenvalue weighted by molar-refractivity contribution is -0.154. The minimum atomic E-state index is -1.14. The van der Waals surface area contributed by atoms with E-state index < -0.39 is 17.5 Å². The number of carboxylic acids is 1. The van der Waals surface area contributed by atoms with Gasteiger partial charge in [0.25, 0.3) is 0 Å². The van der Waals surface area contributed by atoms with E-state index >= 15 is 0 Å². The van der Waals surface area contributed by atoms with E-state index in [0.717, 1.165) is 5.56 Å². The van der Waals surface area contributed by atoms with E-state index in [1.807, 2.05) is 37.3 Å². The Morgan fingerprint density at radius 1 is 1.25 bits per heavy atom. The van der Waals surface area contributed by atoms with Crippen molar-refractivity contribution in [2.24, 2.45) is 5.41 Å². The monoisotopic (exact) mass is 222 g/mol. The third-order valence-corrected chi connectivity index (χ3v) is 3.09. The fourth-order valence-corrected chi connectivity index (χ4v) is 1.69. The zero-order valence-corrected chi connectivity index (χ0v) is 9.84. The maximum atomic E-state index is 11.0. The molecule has 0 heterocycles. The van der Waals surface area contributed by atoms with Crippen molar-refractivity contribution >= 4 is 5.97 Å². The second-order valence-corrected chi connectivity index (χ2v) is 4.67. The van der Waals surface area contributed by atoms with Gasteiger partial charge in [0.05, 0.1) is 11.5 Å². The van der Waals surface area contributed by atoms with Crippen molar-refractivity contribution in [3.05, 3.63) is 35.9 Å². The zero-order chi connectivity index (χ0) is 12.3. The summed E-state index contributed by atoms with van der Waals surface area (Å²) >= 11 is 0. The third-order valence-electron chi connectivity index (χ3n) is 3.09. The molecule has 1 rings (SSSR count). The highest BCUT2D eigenvalue weighted by Gasteiger charge is 2.39. The summed E-state index contributed by atoms with van der Waals surface area (Å²) in [5, 5.41) is 19.1. The Kier molecular flexibility index (Phi) is 3.70. The lowest BCUT2D eigenvalue weighted by Gasteiger charge is -2.30. The van der Waals surface area contributed by atoms with E-state index in [-0.39, 0.29) is 5.92 Å². The van der Waals surface area contributed by atoms with Gasteiger partial charge in [-0.1, -0.05) is 37.3 Å². The average molecular weight is 222 g/mol. The Balaban J connectivity index is 2.91. The van der Waals surface area contributed by atoms with E-state index in [1.54, 1.807) is 13.8 Å². The van der Waals surface area contributed by atoms with Crippen molar-refractivity contribution < 1.29 is 15.0 Å². The summed E-state index contributed by atoms with van der Waals surface area (Å²) in [4.78, 5) is 11.0. The molecule has 1 aromatic rings. The number of hydrogen-bond donors (Lipinski definition) is 2. The van der Waals surface area contributed by atoms with E-state index in [0.29, 0.717) is 0 Å². The highest BCUT2D eigenvalue weighted by atomic mass is 16.4. The van der Waals surface area contributed by atoms with Gasteiger partial charge in [-0.2, -0.15) is 0 Å². The molecule has 0 saturated carbocycles. The first-order chi connectivity index (χ1) is 7.37. The minimum Gasteiger partial charge on any atom is -0.481 e. The molecule has 3 heteroatoms. The minimum absolute atomic E-state index is 0.202. The molecule has 0 radical (unpaired) electrons. The molecule has 0 spiro atoms. The van der Waals surface area contributed by atoms with Crippen LogP contribution in [0.1, 0.15) is 32.3 Å². The molecule has 2 atom stereocenters. The van der Waals surface area contributed by atoms with Gasteiger partial charge in [0, 0.05) is 5.92 Å². The van der Waals surface area contributed by atoms with Crippen LogP contribution in [-0.2, 0) is 4.79 Å². The van der Waals surface area contributed by atoms with Crippen LogP contribution in [0.2, 0.25) is 0 Å². The summed E-state index contributed by atoms with van der Waals surface area (Å²) in [6.07, 6.45) is -0.910. The molecular formula is C13H18O3. The molecule has 0 amide bonds. The van der Waals surface area contributed by atoms with Crippen molar-refractivity contribution in [1.82, 2.24) is 0 Å². The summed E-state index contributed by atoms with van der Waals surface area (Å²) in [7, 11) is 0. The second-order valence-electron chi connectivity index (χ2n) is 4.67. The van der Waals surface area contributed by atoms with Crippen LogP contribution in [-0.4, -0.2) is 22.3 Å². The number of benzene rings is 1. The average Bonchev–Trinajstić information content (AvgIpc) is 2.28. The van der Waals surface area contributed by atoms with E-state index in [2.05, 4.69) is 0 Å². The highest BCUT2D eigenvalue weighted by molar-refractivity contribution is 5.74. The SMILES string of the molecule is CC(c1ccccc1)C(O)C(C)(C)C(=O)O. The van der Waals surface area contributed by atoms with Gasteiger partial charge in [0.2, 0.25) is 0 Å². The maximum absolute atomic E-state index is 11.0. The Labute approximate surface area is 95.7 Å². The molecule has 0 fully saturated rings. The van der Waals surface area contributed by atoms with Gasteiger partial charge in [0.1, 0.15) is 0 Å². The van der Waals surface area contributed by atoms with Crippen molar-refractivity contribution in [2.75, 3.05) is 0 Å². The van der Waals surface area contributed by atoms with E-state index in [4.69, 9.17) is 5.11 Å². The molecule has 0 aliphatic carbocycles. The van der Waals surface area contributed by atoms with Crippen LogP contribution >= 0.6 is 0 Å². The Morgan fingerprint density at radius 3 is 2.19 bits per heavy atom. The fourth-order valence-electron chi connectivity index (χ4n) is 1.69. The topological polar surface area (TPSA) is 57.5 Å². The molecule has 2 N–H and O–H groups in total. The molecule has 0 aromatic heterocycles. The number of aliphatic carboxylic acids is 1. The predicted molar refractivity (Wildman–Crippen MR) is 62.3 cm³/mol. The first-order valence-electron chi connectivity index (χ1n) is 5.33. The Morgan fingerprint density at radius 2 is 1.75 bits per heavy atom. The summed E-state index contributed by atoms with van der Waals surface area (Å²) in [5.41, 5.74) is -0.195. The smallest absolute Gasteiger partial charge is 0.311 e. The van der Waals surface area contributed by atoms with Crippen molar-refractivity contribution in [1.29, 1.82) is 0 Å². The van der Waals surface area contributed by atoms with Gasteiger partial charge in [-0.3, -0.25) is 4.79 Å². The van der Waals surface area contributed by atoms with Crippen LogP contribution < -0.4 is 0 Å². The van der Waals surface area contributed by atoms with Crippen LogP contribution in [0.25, 0.3) is 0 Å². The lowest BCUT2D eigenvalue weighted by atomic mass is 9.78. The molecule has 0 aliphatic rings. The first-order valence-corrected chi connectivity index (χ1v) is 5.33. The predicted octanol–water partition coefficient (Wildman–Crippen LogP) is 2.26. The number of rotatable bonds is 4. The number of hydrogen-bond acceptors (Lipinski definition) is 2. The molecular weight excluding hydrogens is 204 g/mol. The molecule has 16 heavy (non-hydrogen) atoms. The number of aliphatic hydroxyl groups excluding tert-OH is 1. The van der Waals surface area contributed by atoms with Gasteiger partial charge in [-0.15, -0.1) is 0 Å². The molecule has 0 aliphatic heterocycles. The van der Waals surface area contributed by atoms with Gasteiger partial charge in [-0.05, 0) is 19.4 Å². The number of aliphatic hydroxyl groups is 1. The van der Waals surface area contributed by atoms with Crippen molar-refractivity contribution in [3.63, 3.8) is 0 Å². The highest BCUT2D eigenvalue weighted by Crippen LogP contribution is 2.32. The molecule has 88 valence electrons. The molecule has 3 nitrogen and oxygen atoms in total. The second kappa shape index (κ2) is 4.66. The van der Waals surface area contributed by atoms with Gasteiger partial charge < -0.3 is 10.2 Å². The van der Waals surface area contributed by atoms with Gasteiger partial charge >= 0.3 is 5.97 Å². The number of carboxylic acid groups (broad SMARTS) is 1. The largest absolute Gasteiger partial charge is 0.481 e. The number of carbonyl (C=O) groups is 1. The van der Waals surface area contributed by atoms with Crippen LogP contribution in [0.15, 0.2) is 30.3 Å². The first kappa shape index (κ1) is 12.7. The van der Waals surface area contributed by atoms with Crippen LogP contribution in [0.4, 0.5) is 0 Å². The standard InChI is InChI=1S/C13H18O3/c1-9(10-7-5-4-6-8-10)11(14)13(2,3)12(15)16/h4-9,11,14H,1-3H3,(H,15,16). The fraction of sp³-hybridized carbons (Fsp3) is 0.462. The quantitative estimate of drug-likeness (QED) is 0.821. The normalized spacial score (nSPS) is 15.5. The molecule has 1 aromatic carbocycles. The molecule has 0 bridgehead atoms. The summed E-state index contributed by atoms with van der Waals surface area (Å²) < 4.78 is 0. The zero-order valence-electron chi connectivity index (χ0n) is 9.84. The van der Waals surface area contributed by atoms with Crippen LogP contribution in [0.5, 0.6) is 0 Å². The van der Waals surface area contributed by atoms with Gasteiger partial charge in [-0.25, -0.2) is 0 Å². The van der Waals surface area contributed by atoms with Crippen molar-refractivity contribution in [3.8, 4) is 0 Å². The molecule has 0 saturated heterocycles. The Hall–Kier alpha value is -1.35. The lowest BCUT2D eigenvalue weighted by Crippen LogP contribution is -2.40. The van der Waals surface area contributed by atoms with E-state index in [1.165, 1.54) is 0 Å². The van der Waals surface area contributed by atoms with Crippen LogP contribution in [0.3, 0.4) is 0 Å². The molecule has 2 unspecified atom stereocenters. The third kappa shape index (κ3) is 2.42. The van der Waals surface area contributed by atoms with Gasteiger partial charge in [0.15, 0.2) is 0 Å². The Bertz CT molecular complexity index is 357. The van der Waals surface area contributed by atoms with E-state index in [9.17, 15) is 9.90 Å². The summed E-state index contributed by atoms with van der Waals surface area (Å²) in [6, 6.07) is 9.45. The summed E-state index contributed by atoms with van der Waals surface area (Å²) in [6.45, 7) is 4.92.